The number of carbonyl (C=O) groups is 1. The van der Waals surface area contributed by atoms with E-state index >= 15 is 0 Å². The number of aliphatic imine (C=N–C) groups is 2. The summed E-state index contributed by atoms with van der Waals surface area (Å²) in [5, 5.41) is 0. The van der Waals surface area contributed by atoms with Gasteiger partial charge >= 0.3 is 0 Å². The lowest BCUT2D eigenvalue weighted by Crippen LogP contribution is -2.33. The molecule has 2 rings (SSSR count). The smallest absolute Gasteiger partial charge is 0.236 e. The molecule has 1 aromatic rings. The van der Waals surface area contributed by atoms with Gasteiger partial charge in [0.25, 0.3) is 0 Å². The summed E-state index contributed by atoms with van der Waals surface area (Å²) in [6, 6.07) is 5.44. The van der Waals surface area contributed by atoms with Crippen molar-refractivity contribution in [2.45, 2.75) is 19.3 Å². The van der Waals surface area contributed by atoms with Gasteiger partial charge in [0.1, 0.15) is 0 Å². The van der Waals surface area contributed by atoms with Crippen molar-refractivity contribution >= 4 is 29.2 Å². The molecule has 0 spiro atoms. The van der Waals surface area contributed by atoms with Gasteiger partial charge in [-0.25, -0.2) is 4.99 Å². The van der Waals surface area contributed by atoms with Gasteiger partial charge in [-0.2, -0.15) is 4.99 Å². The number of amides is 1. The molecule has 7 heteroatoms. The number of carbonyl (C=O) groups excluding carboxylic acids is 1. The molecule has 1 aliphatic rings. The molecule has 0 saturated heterocycles. The molecule has 0 aromatic heterocycles. The molecule has 6 N–H and O–H groups in total. The molecule has 1 aromatic carbocycles. The highest BCUT2D eigenvalue weighted by Crippen LogP contribution is 2.42. The molecule has 20 heavy (non-hydrogen) atoms. The Morgan fingerprint density at radius 1 is 1.25 bits per heavy atom. The Hall–Kier alpha value is -2.57. The first-order valence-corrected chi connectivity index (χ1v) is 6.10. The highest BCUT2D eigenvalue weighted by atomic mass is 16.2. The summed E-state index contributed by atoms with van der Waals surface area (Å²) in [6.07, 6.45) is 0. The summed E-state index contributed by atoms with van der Waals surface area (Å²) in [6.45, 7) is 3.79. The molecule has 0 bridgehead atoms. The maximum Gasteiger partial charge on any atom is 0.236 e. The van der Waals surface area contributed by atoms with E-state index < -0.39 is 5.41 Å². The SMILES string of the molecule is CN1C(=O)C(C)(C)c2ccc(N=C(N)N=C(N)N)cc21. The zero-order valence-corrected chi connectivity index (χ0v) is 11.7. The lowest BCUT2D eigenvalue weighted by molar-refractivity contribution is -0.121. The number of nitrogens with two attached hydrogens (primary N) is 3. The first-order chi connectivity index (χ1) is 9.23. The van der Waals surface area contributed by atoms with Crippen LogP contribution in [0.4, 0.5) is 11.4 Å². The zero-order chi connectivity index (χ0) is 15.1. The van der Waals surface area contributed by atoms with Crippen LogP contribution in [0, 0.1) is 0 Å². The van der Waals surface area contributed by atoms with Crippen LogP contribution in [-0.2, 0) is 10.2 Å². The maximum absolute atomic E-state index is 12.2. The van der Waals surface area contributed by atoms with Gasteiger partial charge in [-0.1, -0.05) is 6.07 Å². The van der Waals surface area contributed by atoms with E-state index in [2.05, 4.69) is 9.98 Å². The molecule has 0 saturated carbocycles. The van der Waals surface area contributed by atoms with Gasteiger partial charge in [0.2, 0.25) is 11.9 Å². The third-order valence-corrected chi connectivity index (χ3v) is 3.34. The number of likely N-dealkylation sites (N-methyl/N-ethyl adjacent to an activating group) is 1. The molecule has 0 aliphatic carbocycles. The number of benzene rings is 1. The second-order valence-corrected chi connectivity index (χ2v) is 5.20. The minimum absolute atomic E-state index is 0.0313. The Kier molecular flexibility index (Phi) is 3.13. The Morgan fingerprint density at radius 3 is 2.50 bits per heavy atom. The van der Waals surface area contributed by atoms with Crippen LogP contribution in [-0.4, -0.2) is 24.9 Å². The summed E-state index contributed by atoms with van der Waals surface area (Å²) in [7, 11) is 1.74. The summed E-state index contributed by atoms with van der Waals surface area (Å²) in [4.78, 5) is 21.5. The molecule has 1 aliphatic heterocycles. The number of nitrogens with zero attached hydrogens (tertiary/aromatic N) is 3. The first kappa shape index (κ1) is 13.9. The van der Waals surface area contributed by atoms with Crippen molar-refractivity contribution in [3.05, 3.63) is 23.8 Å². The normalized spacial score (nSPS) is 17.1. The lowest BCUT2D eigenvalue weighted by atomic mass is 9.86. The van der Waals surface area contributed by atoms with Gasteiger partial charge in [-0.05, 0) is 31.5 Å². The number of guanidine groups is 2. The quantitative estimate of drug-likeness (QED) is 0.498. The molecule has 106 valence electrons. The third-order valence-electron chi connectivity index (χ3n) is 3.34. The molecular weight excluding hydrogens is 256 g/mol. The van der Waals surface area contributed by atoms with Crippen LogP contribution in [0.2, 0.25) is 0 Å². The molecule has 0 atom stereocenters. The van der Waals surface area contributed by atoms with Crippen molar-refractivity contribution in [3.63, 3.8) is 0 Å². The second kappa shape index (κ2) is 4.52. The van der Waals surface area contributed by atoms with E-state index in [0.717, 1.165) is 11.3 Å². The Labute approximate surface area is 117 Å². The van der Waals surface area contributed by atoms with E-state index in [0.29, 0.717) is 5.69 Å². The predicted molar refractivity (Wildman–Crippen MR) is 80.0 cm³/mol. The van der Waals surface area contributed by atoms with E-state index in [-0.39, 0.29) is 17.8 Å². The second-order valence-electron chi connectivity index (χ2n) is 5.20. The van der Waals surface area contributed by atoms with Crippen molar-refractivity contribution in [2.75, 3.05) is 11.9 Å². The summed E-state index contributed by atoms with van der Waals surface area (Å²) >= 11 is 0. The summed E-state index contributed by atoms with van der Waals surface area (Å²) < 4.78 is 0. The van der Waals surface area contributed by atoms with Gasteiger partial charge in [0, 0.05) is 12.7 Å². The first-order valence-electron chi connectivity index (χ1n) is 6.10. The third kappa shape index (κ3) is 2.18. The number of rotatable bonds is 1. The van der Waals surface area contributed by atoms with Gasteiger partial charge in [0.15, 0.2) is 5.96 Å². The fourth-order valence-electron chi connectivity index (χ4n) is 2.33. The molecule has 1 amide bonds. The molecule has 0 radical (unpaired) electrons. The average molecular weight is 274 g/mol. The number of anilines is 1. The average Bonchev–Trinajstić information content (AvgIpc) is 2.50. The highest BCUT2D eigenvalue weighted by Gasteiger charge is 2.42. The minimum Gasteiger partial charge on any atom is -0.370 e. The molecule has 0 fully saturated rings. The predicted octanol–water partition coefficient (Wildman–Crippen LogP) is 0.160. The van der Waals surface area contributed by atoms with Crippen LogP contribution in [0.1, 0.15) is 19.4 Å². The Morgan fingerprint density at radius 2 is 1.90 bits per heavy atom. The van der Waals surface area contributed by atoms with E-state index in [4.69, 9.17) is 17.2 Å². The van der Waals surface area contributed by atoms with Gasteiger partial charge < -0.3 is 22.1 Å². The van der Waals surface area contributed by atoms with Crippen LogP contribution in [0.25, 0.3) is 0 Å². The molecular formula is C13H18N6O. The van der Waals surface area contributed by atoms with Crippen LogP contribution < -0.4 is 22.1 Å². The van der Waals surface area contributed by atoms with Crippen molar-refractivity contribution in [2.24, 2.45) is 27.2 Å². The van der Waals surface area contributed by atoms with Crippen molar-refractivity contribution in [1.29, 1.82) is 0 Å². The lowest BCUT2D eigenvalue weighted by Gasteiger charge is -2.16. The monoisotopic (exact) mass is 274 g/mol. The molecule has 1 heterocycles. The standard InChI is InChI=1S/C13H18N6O/c1-13(2)8-5-4-7(17-12(16)18-11(14)15)6-9(8)19(3)10(13)20/h4-6H,1-3H3,(H6,14,15,16,17,18). The van der Waals surface area contributed by atoms with Crippen molar-refractivity contribution in [1.82, 2.24) is 0 Å². The zero-order valence-electron chi connectivity index (χ0n) is 11.7. The largest absolute Gasteiger partial charge is 0.370 e. The number of hydrogen-bond acceptors (Lipinski definition) is 2. The fraction of sp³-hybridized carbons (Fsp3) is 0.308. The van der Waals surface area contributed by atoms with Gasteiger partial charge in [-0.15, -0.1) is 0 Å². The van der Waals surface area contributed by atoms with Crippen LogP contribution in [0.15, 0.2) is 28.2 Å². The van der Waals surface area contributed by atoms with E-state index in [1.807, 2.05) is 19.9 Å². The van der Waals surface area contributed by atoms with E-state index in [9.17, 15) is 4.79 Å². The van der Waals surface area contributed by atoms with Crippen LogP contribution >= 0.6 is 0 Å². The van der Waals surface area contributed by atoms with Crippen molar-refractivity contribution in [3.8, 4) is 0 Å². The Bertz CT molecular complexity index is 628. The van der Waals surface area contributed by atoms with Crippen LogP contribution in [0.3, 0.4) is 0 Å². The van der Waals surface area contributed by atoms with Gasteiger partial charge in [0.05, 0.1) is 11.1 Å². The summed E-state index contributed by atoms with van der Waals surface area (Å²) in [5.74, 6) is -0.136. The van der Waals surface area contributed by atoms with Crippen molar-refractivity contribution < 1.29 is 4.79 Å². The highest BCUT2D eigenvalue weighted by molar-refractivity contribution is 6.07. The molecule has 7 nitrogen and oxygen atoms in total. The number of fused-ring (bicyclic) bond motifs is 1. The Balaban J connectivity index is 2.45. The fourth-order valence-corrected chi connectivity index (χ4v) is 2.33. The topological polar surface area (TPSA) is 123 Å². The van der Waals surface area contributed by atoms with Crippen LogP contribution in [0.5, 0.6) is 0 Å². The maximum atomic E-state index is 12.2. The van der Waals surface area contributed by atoms with E-state index in [1.54, 1.807) is 24.1 Å². The summed E-state index contributed by atoms with van der Waals surface area (Å²) in [5.41, 5.74) is 17.9. The molecule has 0 unspecified atom stereocenters. The minimum atomic E-state index is -0.530. The van der Waals surface area contributed by atoms with Gasteiger partial charge in [-0.3, -0.25) is 4.79 Å². The number of hydrogen-bond donors (Lipinski definition) is 3. The van der Waals surface area contributed by atoms with E-state index in [1.165, 1.54) is 0 Å².